The van der Waals surface area contributed by atoms with Gasteiger partial charge in [0, 0.05) is 12.2 Å². The van der Waals surface area contributed by atoms with E-state index in [0.717, 1.165) is 24.2 Å². The van der Waals surface area contributed by atoms with Gasteiger partial charge in [-0.15, -0.1) is 6.58 Å². The fourth-order valence-corrected chi connectivity index (χ4v) is 2.77. The minimum atomic E-state index is -0.276. The topological polar surface area (TPSA) is 20.3 Å². The smallest absolute Gasteiger partial charge is 0.238 e. The largest absolute Gasteiger partial charge is 0.311 e. The molecule has 20 heavy (non-hydrogen) atoms. The summed E-state index contributed by atoms with van der Waals surface area (Å²) in [6.07, 6.45) is 2.67. The molecule has 2 nitrogen and oxygen atoms in total. The number of amides is 1. The third-order valence-electron chi connectivity index (χ3n) is 3.81. The molecular formula is C18H17NO. The van der Waals surface area contributed by atoms with Crippen LogP contribution in [0.3, 0.4) is 0 Å². The highest BCUT2D eigenvalue weighted by atomic mass is 16.2. The van der Waals surface area contributed by atoms with Gasteiger partial charge in [-0.05, 0) is 23.6 Å². The molecule has 0 radical (unpaired) electrons. The molecule has 1 amide bonds. The Kier molecular flexibility index (Phi) is 3.38. The highest BCUT2D eigenvalue weighted by Gasteiger charge is 2.29. The minimum absolute atomic E-state index is 0.108. The summed E-state index contributed by atoms with van der Waals surface area (Å²) >= 11 is 0. The monoisotopic (exact) mass is 263 g/mol. The summed E-state index contributed by atoms with van der Waals surface area (Å²) in [6.45, 7) is 4.60. The van der Waals surface area contributed by atoms with Crippen LogP contribution in [0, 0.1) is 0 Å². The number of anilines is 1. The molecule has 2 aromatic rings. The molecule has 0 N–H and O–H groups in total. The Morgan fingerprint density at radius 1 is 1.10 bits per heavy atom. The van der Waals surface area contributed by atoms with Gasteiger partial charge in [-0.25, -0.2) is 0 Å². The van der Waals surface area contributed by atoms with E-state index in [-0.39, 0.29) is 11.8 Å². The molecule has 1 aliphatic heterocycles. The normalized spacial score (nSPS) is 14.7. The van der Waals surface area contributed by atoms with Crippen molar-refractivity contribution in [2.24, 2.45) is 0 Å². The Labute approximate surface area is 119 Å². The third kappa shape index (κ3) is 2.14. The Morgan fingerprint density at radius 2 is 1.80 bits per heavy atom. The van der Waals surface area contributed by atoms with Gasteiger partial charge in [0.05, 0.1) is 5.92 Å². The SMILES string of the molecule is C=C[C@H](C(=O)N1CCc2ccccc21)c1ccccc1. The lowest BCUT2D eigenvalue weighted by molar-refractivity contribution is -0.119. The van der Waals surface area contributed by atoms with Gasteiger partial charge < -0.3 is 4.90 Å². The lowest BCUT2D eigenvalue weighted by Crippen LogP contribution is -2.33. The van der Waals surface area contributed by atoms with Crippen molar-refractivity contribution in [3.05, 3.63) is 78.4 Å². The number of carbonyl (C=O) groups excluding carboxylic acids is 1. The second kappa shape index (κ2) is 5.33. The van der Waals surface area contributed by atoms with Crippen molar-refractivity contribution in [3.8, 4) is 0 Å². The summed E-state index contributed by atoms with van der Waals surface area (Å²) in [7, 11) is 0. The number of para-hydroxylation sites is 1. The first-order valence-electron chi connectivity index (χ1n) is 6.88. The number of fused-ring (bicyclic) bond motifs is 1. The van der Waals surface area contributed by atoms with Gasteiger partial charge in [0.15, 0.2) is 0 Å². The maximum absolute atomic E-state index is 12.8. The Bertz CT molecular complexity index is 633. The van der Waals surface area contributed by atoms with E-state index in [1.807, 2.05) is 53.4 Å². The number of hydrogen-bond acceptors (Lipinski definition) is 1. The van der Waals surface area contributed by atoms with Gasteiger partial charge in [-0.1, -0.05) is 54.6 Å². The van der Waals surface area contributed by atoms with Crippen LogP contribution in [0.2, 0.25) is 0 Å². The predicted octanol–water partition coefficient (Wildman–Crippen LogP) is 3.55. The van der Waals surface area contributed by atoms with Crippen molar-refractivity contribution in [2.45, 2.75) is 12.3 Å². The molecule has 0 aliphatic carbocycles. The van der Waals surface area contributed by atoms with Crippen LogP contribution in [0.15, 0.2) is 67.3 Å². The van der Waals surface area contributed by atoms with E-state index in [1.165, 1.54) is 5.56 Å². The van der Waals surface area contributed by atoms with E-state index in [2.05, 4.69) is 12.6 Å². The molecule has 0 fully saturated rings. The highest BCUT2D eigenvalue weighted by molar-refractivity contribution is 6.00. The van der Waals surface area contributed by atoms with E-state index < -0.39 is 0 Å². The number of benzene rings is 2. The lowest BCUT2D eigenvalue weighted by Gasteiger charge is -2.22. The van der Waals surface area contributed by atoms with Gasteiger partial charge in [0.1, 0.15) is 0 Å². The molecule has 0 spiro atoms. The van der Waals surface area contributed by atoms with Crippen molar-refractivity contribution in [3.63, 3.8) is 0 Å². The summed E-state index contributed by atoms with van der Waals surface area (Å²) in [5, 5.41) is 0. The van der Waals surface area contributed by atoms with E-state index in [0.29, 0.717) is 0 Å². The number of nitrogens with zero attached hydrogens (tertiary/aromatic N) is 1. The van der Waals surface area contributed by atoms with Gasteiger partial charge >= 0.3 is 0 Å². The lowest BCUT2D eigenvalue weighted by atomic mass is 9.97. The Balaban J connectivity index is 1.91. The molecule has 3 rings (SSSR count). The zero-order valence-electron chi connectivity index (χ0n) is 11.3. The summed E-state index contributed by atoms with van der Waals surface area (Å²) in [4.78, 5) is 14.7. The van der Waals surface area contributed by atoms with Crippen LogP contribution in [-0.4, -0.2) is 12.5 Å². The Hall–Kier alpha value is -2.35. The second-order valence-corrected chi connectivity index (χ2v) is 4.99. The average molecular weight is 263 g/mol. The van der Waals surface area contributed by atoms with Gasteiger partial charge in [-0.2, -0.15) is 0 Å². The molecule has 1 aliphatic rings. The van der Waals surface area contributed by atoms with Gasteiger partial charge in [-0.3, -0.25) is 4.79 Å². The molecule has 0 unspecified atom stereocenters. The first-order chi connectivity index (χ1) is 9.81. The summed E-state index contributed by atoms with van der Waals surface area (Å²) < 4.78 is 0. The van der Waals surface area contributed by atoms with Crippen LogP contribution in [0.5, 0.6) is 0 Å². The minimum Gasteiger partial charge on any atom is -0.311 e. The summed E-state index contributed by atoms with van der Waals surface area (Å²) in [5.74, 6) is -0.168. The van der Waals surface area contributed by atoms with E-state index in [4.69, 9.17) is 0 Å². The third-order valence-corrected chi connectivity index (χ3v) is 3.81. The van der Waals surface area contributed by atoms with Crippen molar-refractivity contribution in [1.29, 1.82) is 0 Å². The molecule has 0 aromatic heterocycles. The zero-order chi connectivity index (χ0) is 13.9. The van der Waals surface area contributed by atoms with Crippen LogP contribution >= 0.6 is 0 Å². The van der Waals surface area contributed by atoms with Crippen molar-refractivity contribution in [1.82, 2.24) is 0 Å². The number of rotatable bonds is 3. The molecule has 2 heteroatoms. The van der Waals surface area contributed by atoms with Gasteiger partial charge in [0.25, 0.3) is 0 Å². The maximum Gasteiger partial charge on any atom is 0.238 e. The molecule has 0 saturated heterocycles. The molecule has 100 valence electrons. The standard InChI is InChI=1S/C18H17NO/c1-2-16(14-8-4-3-5-9-14)18(20)19-13-12-15-10-6-7-11-17(15)19/h2-11,16H,1,12-13H2/t16-/m0/s1. The summed E-state index contributed by atoms with van der Waals surface area (Å²) in [6, 6.07) is 17.9. The number of carbonyl (C=O) groups is 1. The average Bonchev–Trinajstić information content (AvgIpc) is 2.93. The number of hydrogen-bond donors (Lipinski definition) is 0. The van der Waals surface area contributed by atoms with E-state index in [9.17, 15) is 4.79 Å². The van der Waals surface area contributed by atoms with E-state index >= 15 is 0 Å². The summed E-state index contributed by atoms with van der Waals surface area (Å²) in [5.41, 5.74) is 3.29. The van der Waals surface area contributed by atoms with E-state index in [1.54, 1.807) is 6.08 Å². The van der Waals surface area contributed by atoms with Crippen LogP contribution in [-0.2, 0) is 11.2 Å². The highest BCUT2D eigenvalue weighted by Crippen LogP contribution is 2.31. The van der Waals surface area contributed by atoms with Crippen LogP contribution in [0.4, 0.5) is 5.69 Å². The maximum atomic E-state index is 12.8. The fraction of sp³-hybridized carbons (Fsp3) is 0.167. The molecule has 1 heterocycles. The van der Waals surface area contributed by atoms with Crippen LogP contribution in [0.25, 0.3) is 0 Å². The second-order valence-electron chi connectivity index (χ2n) is 4.99. The first-order valence-corrected chi connectivity index (χ1v) is 6.88. The quantitative estimate of drug-likeness (QED) is 0.776. The first kappa shape index (κ1) is 12.7. The molecule has 1 atom stereocenters. The van der Waals surface area contributed by atoms with Crippen LogP contribution in [0.1, 0.15) is 17.0 Å². The predicted molar refractivity (Wildman–Crippen MR) is 81.9 cm³/mol. The van der Waals surface area contributed by atoms with Gasteiger partial charge in [0.2, 0.25) is 5.91 Å². The molecule has 2 aromatic carbocycles. The fourth-order valence-electron chi connectivity index (χ4n) is 2.77. The van der Waals surface area contributed by atoms with Crippen molar-refractivity contribution >= 4 is 11.6 Å². The molecular weight excluding hydrogens is 246 g/mol. The molecule has 0 saturated carbocycles. The Morgan fingerprint density at radius 3 is 2.55 bits per heavy atom. The van der Waals surface area contributed by atoms with Crippen molar-refractivity contribution < 1.29 is 4.79 Å². The van der Waals surface area contributed by atoms with Crippen molar-refractivity contribution in [2.75, 3.05) is 11.4 Å². The molecule has 0 bridgehead atoms. The van der Waals surface area contributed by atoms with Crippen LogP contribution < -0.4 is 4.90 Å². The zero-order valence-corrected chi connectivity index (χ0v) is 11.3.